The minimum Gasteiger partial charge on any atom is -0.480 e. The summed E-state index contributed by atoms with van der Waals surface area (Å²) < 4.78 is 2.72. The number of hydrogen-bond donors (Lipinski definition) is 2. The summed E-state index contributed by atoms with van der Waals surface area (Å²) in [6, 6.07) is 10.8. The number of hydrogen-bond acceptors (Lipinski definition) is 6. The summed E-state index contributed by atoms with van der Waals surface area (Å²) in [7, 11) is 0. The van der Waals surface area contributed by atoms with Gasteiger partial charge in [-0.25, -0.2) is 9.36 Å². The largest absolute Gasteiger partial charge is 0.480 e. The number of halogens is 2. The van der Waals surface area contributed by atoms with Gasteiger partial charge in [0.05, 0.1) is 12.2 Å². The third-order valence-electron chi connectivity index (χ3n) is 6.01. The molecule has 2 heterocycles. The topological polar surface area (TPSA) is 129 Å². The molecule has 1 saturated carbocycles. The van der Waals surface area contributed by atoms with Crippen LogP contribution < -0.4 is 11.3 Å². The van der Waals surface area contributed by atoms with E-state index in [4.69, 9.17) is 22.4 Å². The van der Waals surface area contributed by atoms with Crippen molar-refractivity contribution in [1.29, 1.82) is 0 Å². The van der Waals surface area contributed by atoms with Crippen LogP contribution in [0.2, 0.25) is 5.02 Å². The van der Waals surface area contributed by atoms with Gasteiger partial charge in [-0.2, -0.15) is 5.10 Å². The smallest absolute Gasteiger partial charge is 0.325 e. The van der Waals surface area contributed by atoms with Crippen molar-refractivity contribution in [3.8, 4) is 11.4 Å². The predicted molar refractivity (Wildman–Crippen MR) is 122 cm³/mol. The Balaban J connectivity index is 0.00000289. The highest BCUT2D eigenvalue weighted by Gasteiger charge is 2.37. The van der Waals surface area contributed by atoms with Crippen molar-refractivity contribution in [1.82, 2.24) is 24.8 Å². The molecule has 1 aromatic carbocycles. The second-order valence-corrected chi connectivity index (χ2v) is 8.36. The first-order chi connectivity index (χ1) is 14.9. The molecule has 170 valence electrons. The summed E-state index contributed by atoms with van der Waals surface area (Å²) in [5, 5.41) is 21.9. The summed E-state index contributed by atoms with van der Waals surface area (Å²) >= 11 is 6.19. The van der Waals surface area contributed by atoms with Crippen molar-refractivity contribution >= 4 is 30.0 Å². The van der Waals surface area contributed by atoms with Gasteiger partial charge in [0.25, 0.3) is 5.56 Å². The molecule has 1 fully saturated rings. The van der Waals surface area contributed by atoms with Crippen molar-refractivity contribution in [2.75, 3.05) is 6.54 Å². The molecule has 0 saturated heterocycles. The SMILES string of the molecule is Cl.NC[C@]1(c2cccc(Cl)c2)CC[C@@H](n2nc(-c3cn(CC(=O)O)nn3)ccc2=O)CC1. The summed E-state index contributed by atoms with van der Waals surface area (Å²) in [4.78, 5) is 23.4. The second kappa shape index (κ2) is 9.81. The first kappa shape index (κ1) is 23.9. The first-order valence-corrected chi connectivity index (χ1v) is 10.5. The second-order valence-electron chi connectivity index (χ2n) is 7.92. The van der Waals surface area contributed by atoms with Gasteiger partial charge in [-0.3, -0.25) is 9.59 Å². The van der Waals surface area contributed by atoms with E-state index in [9.17, 15) is 9.59 Å². The molecule has 0 amide bonds. The summed E-state index contributed by atoms with van der Waals surface area (Å²) in [6.45, 7) is 0.217. The fourth-order valence-corrected chi connectivity index (χ4v) is 4.47. The van der Waals surface area contributed by atoms with Gasteiger partial charge >= 0.3 is 5.97 Å². The molecule has 11 heteroatoms. The fraction of sp³-hybridized carbons (Fsp3) is 0.381. The Morgan fingerprint density at radius 1 is 1.22 bits per heavy atom. The van der Waals surface area contributed by atoms with Crippen LogP contribution in [0.5, 0.6) is 0 Å². The first-order valence-electron chi connectivity index (χ1n) is 10.1. The molecule has 1 aliphatic rings. The average Bonchev–Trinajstić information content (AvgIpc) is 3.22. The van der Waals surface area contributed by atoms with E-state index >= 15 is 0 Å². The van der Waals surface area contributed by atoms with E-state index in [1.165, 1.54) is 21.6 Å². The van der Waals surface area contributed by atoms with Gasteiger partial charge in [0.2, 0.25) is 0 Å². The molecule has 1 aliphatic carbocycles. The van der Waals surface area contributed by atoms with E-state index in [1.807, 2.05) is 18.2 Å². The lowest BCUT2D eigenvalue weighted by molar-refractivity contribution is -0.137. The summed E-state index contributed by atoms with van der Waals surface area (Å²) in [5.41, 5.74) is 7.86. The van der Waals surface area contributed by atoms with Gasteiger partial charge in [0, 0.05) is 23.0 Å². The zero-order chi connectivity index (χ0) is 22.0. The van der Waals surface area contributed by atoms with E-state index in [0.29, 0.717) is 23.0 Å². The Morgan fingerprint density at radius 2 is 1.97 bits per heavy atom. The lowest BCUT2D eigenvalue weighted by Gasteiger charge is -2.40. The molecule has 3 N–H and O–H groups in total. The minimum atomic E-state index is -1.01. The molecular weight excluding hydrogens is 455 g/mol. The predicted octanol–water partition coefficient (Wildman–Crippen LogP) is 2.67. The third-order valence-corrected chi connectivity index (χ3v) is 6.24. The molecule has 0 unspecified atom stereocenters. The van der Waals surface area contributed by atoms with Crippen LogP contribution in [0.25, 0.3) is 11.4 Å². The highest BCUT2D eigenvalue weighted by Crippen LogP contribution is 2.42. The van der Waals surface area contributed by atoms with Crippen molar-refractivity contribution in [2.24, 2.45) is 5.73 Å². The number of carbonyl (C=O) groups is 1. The normalized spacial score (nSPS) is 20.5. The van der Waals surface area contributed by atoms with Crippen LogP contribution in [0, 0.1) is 0 Å². The molecular formula is C21H24Cl2N6O3. The van der Waals surface area contributed by atoms with E-state index in [0.717, 1.165) is 31.2 Å². The molecule has 2 aromatic heterocycles. The number of carboxylic acid groups (broad SMARTS) is 1. The van der Waals surface area contributed by atoms with Gasteiger partial charge in [0.1, 0.15) is 17.9 Å². The monoisotopic (exact) mass is 478 g/mol. The van der Waals surface area contributed by atoms with Gasteiger partial charge in [-0.15, -0.1) is 17.5 Å². The molecule has 0 atom stereocenters. The molecule has 0 bridgehead atoms. The number of benzene rings is 1. The van der Waals surface area contributed by atoms with E-state index in [-0.39, 0.29) is 36.0 Å². The number of aromatic nitrogens is 5. The fourth-order valence-electron chi connectivity index (χ4n) is 4.28. The van der Waals surface area contributed by atoms with Crippen molar-refractivity contribution in [3.63, 3.8) is 0 Å². The quantitative estimate of drug-likeness (QED) is 0.556. The lowest BCUT2D eigenvalue weighted by Crippen LogP contribution is -2.41. The summed E-state index contributed by atoms with van der Waals surface area (Å²) in [6.07, 6.45) is 4.66. The molecule has 3 aromatic rings. The maximum atomic E-state index is 12.5. The molecule has 0 aliphatic heterocycles. The number of nitrogens with zero attached hydrogens (tertiary/aromatic N) is 5. The number of nitrogens with two attached hydrogens (primary N) is 1. The lowest BCUT2D eigenvalue weighted by atomic mass is 9.68. The van der Waals surface area contributed by atoms with Crippen LogP contribution >= 0.6 is 24.0 Å². The van der Waals surface area contributed by atoms with E-state index in [1.54, 1.807) is 6.07 Å². The maximum Gasteiger partial charge on any atom is 0.325 e. The Bertz CT molecular complexity index is 1150. The van der Waals surface area contributed by atoms with Crippen LogP contribution in [0.15, 0.2) is 47.4 Å². The molecule has 32 heavy (non-hydrogen) atoms. The number of carboxylic acids is 1. The Kier molecular flexibility index (Phi) is 7.33. The van der Waals surface area contributed by atoms with Crippen LogP contribution in [-0.2, 0) is 16.8 Å². The minimum absolute atomic E-state index is 0. The Hall–Kier alpha value is -2.75. The zero-order valence-electron chi connectivity index (χ0n) is 17.2. The van der Waals surface area contributed by atoms with Gasteiger partial charge in [0.15, 0.2) is 0 Å². The van der Waals surface area contributed by atoms with Crippen LogP contribution in [-0.4, -0.2) is 42.4 Å². The standard InChI is InChI=1S/C21H23ClN6O3.ClH/c22-15-3-1-2-14(10-15)21(13-23)8-6-16(7-9-21)28-19(29)5-4-17(25-28)18-11-27(26-24-18)12-20(30)31;/h1-5,10-11,16H,6-9,12-13,23H2,(H,30,31);1H/t16-,21+;. The third kappa shape index (κ3) is 4.85. The Morgan fingerprint density at radius 3 is 2.62 bits per heavy atom. The summed E-state index contributed by atoms with van der Waals surface area (Å²) in [5.74, 6) is -1.01. The number of rotatable bonds is 6. The zero-order valence-corrected chi connectivity index (χ0v) is 18.8. The molecule has 0 spiro atoms. The van der Waals surface area contributed by atoms with Crippen LogP contribution in [0.4, 0.5) is 0 Å². The van der Waals surface area contributed by atoms with Crippen LogP contribution in [0.1, 0.15) is 37.3 Å². The van der Waals surface area contributed by atoms with E-state index in [2.05, 4.69) is 21.5 Å². The Labute approximate surface area is 195 Å². The molecule has 0 radical (unpaired) electrons. The van der Waals surface area contributed by atoms with Gasteiger partial charge in [-0.05, 0) is 49.4 Å². The maximum absolute atomic E-state index is 12.5. The average molecular weight is 479 g/mol. The number of aliphatic carboxylic acids is 1. The van der Waals surface area contributed by atoms with Gasteiger partial charge in [-0.1, -0.05) is 28.9 Å². The van der Waals surface area contributed by atoms with Crippen molar-refractivity contribution < 1.29 is 9.90 Å². The highest BCUT2D eigenvalue weighted by molar-refractivity contribution is 6.30. The van der Waals surface area contributed by atoms with Crippen molar-refractivity contribution in [3.05, 3.63) is 63.5 Å². The van der Waals surface area contributed by atoms with Crippen LogP contribution in [0.3, 0.4) is 0 Å². The molecule has 9 nitrogen and oxygen atoms in total. The van der Waals surface area contributed by atoms with E-state index < -0.39 is 5.97 Å². The highest BCUT2D eigenvalue weighted by atomic mass is 35.5. The molecule has 4 rings (SSSR count). The van der Waals surface area contributed by atoms with Crippen molar-refractivity contribution in [2.45, 2.75) is 43.7 Å². The van der Waals surface area contributed by atoms with Gasteiger partial charge < -0.3 is 10.8 Å².